The molecule has 12 heteroatoms. The zero-order valence-corrected chi connectivity index (χ0v) is 35.0. The van der Waals surface area contributed by atoms with Crippen LogP contribution in [0.15, 0.2) is 121 Å². The molecule has 2 aromatic heterocycles. The predicted molar refractivity (Wildman–Crippen MR) is 238 cm³/mol. The number of carbonyl (C=O) groups is 5. The van der Waals surface area contributed by atoms with Crippen LogP contribution in [0.5, 0.6) is 0 Å². The van der Waals surface area contributed by atoms with Crippen LogP contribution in [0.2, 0.25) is 0 Å². The lowest BCUT2D eigenvalue weighted by atomic mass is 9.80. The van der Waals surface area contributed by atoms with Crippen molar-refractivity contribution in [2.45, 2.75) is 87.4 Å². The van der Waals surface area contributed by atoms with E-state index in [0.717, 1.165) is 76.1 Å². The monoisotopic (exact) mass is 842 g/mol. The van der Waals surface area contributed by atoms with Crippen LogP contribution in [0.4, 0.5) is 0 Å². The van der Waals surface area contributed by atoms with Crippen molar-refractivity contribution < 1.29 is 29.1 Å². The van der Waals surface area contributed by atoms with Crippen LogP contribution in [-0.4, -0.2) is 52.7 Å². The highest BCUT2D eigenvalue weighted by atomic mass is 32.1. The number of hydrogen-bond donors (Lipinski definition) is 5. The van der Waals surface area contributed by atoms with Gasteiger partial charge in [0.05, 0.1) is 22.4 Å². The molecule has 0 bridgehead atoms. The first kappa shape index (κ1) is 42.4. The number of carbonyl (C=O) groups excluding carboxylic acids is 5. The molecule has 2 atom stereocenters. The summed E-state index contributed by atoms with van der Waals surface area (Å²) >= 11 is 2.86. The van der Waals surface area contributed by atoms with Crippen molar-refractivity contribution in [3.8, 4) is 0 Å². The largest absolute Gasteiger partial charge is 0.394 e. The molecule has 2 heterocycles. The van der Waals surface area contributed by atoms with Gasteiger partial charge in [-0.25, -0.2) is 0 Å². The van der Waals surface area contributed by atoms with Gasteiger partial charge in [0.2, 0.25) is 11.8 Å². The average molecular weight is 843 g/mol. The third-order valence-electron chi connectivity index (χ3n) is 11.6. The van der Waals surface area contributed by atoms with Gasteiger partial charge in [0, 0.05) is 9.40 Å². The van der Waals surface area contributed by atoms with Crippen molar-refractivity contribution >= 4 is 72.8 Å². The fraction of sp³-hybridized carbons (Fsp3) is 0.312. The lowest BCUT2D eigenvalue weighted by Crippen LogP contribution is -2.60. The van der Waals surface area contributed by atoms with Crippen LogP contribution >= 0.6 is 22.7 Å². The molecule has 5 N–H and O–H groups in total. The fourth-order valence-corrected chi connectivity index (χ4v) is 10.1. The van der Waals surface area contributed by atoms with E-state index in [4.69, 9.17) is 0 Å². The molecule has 4 amide bonds. The van der Waals surface area contributed by atoms with E-state index in [1.54, 1.807) is 0 Å². The average Bonchev–Trinajstić information content (AvgIpc) is 3.94. The molecule has 0 radical (unpaired) electrons. The van der Waals surface area contributed by atoms with Gasteiger partial charge in [-0.3, -0.25) is 19.2 Å². The van der Waals surface area contributed by atoms with E-state index in [0.29, 0.717) is 35.4 Å². The van der Waals surface area contributed by atoms with Gasteiger partial charge in [-0.05, 0) is 71.8 Å². The fourth-order valence-electron chi connectivity index (χ4n) is 8.23. The second-order valence-corrected chi connectivity index (χ2v) is 17.8. The quantitative estimate of drug-likeness (QED) is 0.0779. The van der Waals surface area contributed by atoms with Gasteiger partial charge in [-0.2, -0.15) is 0 Å². The summed E-state index contributed by atoms with van der Waals surface area (Å²) in [5.41, 5.74) is -0.382. The predicted octanol–water partition coefficient (Wildman–Crippen LogP) is 8.57. The Bertz CT molecular complexity index is 2350. The third kappa shape index (κ3) is 9.84. The minimum atomic E-state index is -0.998. The summed E-state index contributed by atoms with van der Waals surface area (Å²) in [6, 6.07) is 36.8. The van der Waals surface area contributed by atoms with Crippen LogP contribution in [0.3, 0.4) is 0 Å². The van der Waals surface area contributed by atoms with Crippen molar-refractivity contribution in [3.05, 3.63) is 142 Å². The molecular weight excluding hydrogens is 793 g/mol. The van der Waals surface area contributed by atoms with Gasteiger partial charge < -0.3 is 31.2 Å². The zero-order chi connectivity index (χ0) is 42.0. The van der Waals surface area contributed by atoms with Gasteiger partial charge in [-0.15, -0.1) is 22.7 Å². The highest BCUT2D eigenvalue weighted by molar-refractivity contribution is 7.21. The number of aliphatic hydroxyl groups is 1. The van der Waals surface area contributed by atoms with Crippen LogP contribution in [-0.2, 0) is 14.4 Å². The van der Waals surface area contributed by atoms with Gasteiger partial charge in [-0.1, -0.05) is 136 Å². The first-order valence-electron chi connectivity index (χ1n) is 20.6. The van der Waals surface area contributed by atoms with E-state index in [1.807, 2.05) is 121 Å². The van der Waals surface area contributed by atoms with Crippen molar-refractivity contribution in [2.24, 2.45) is 0 Å². The van der Waals surface area contributed by atoms with E-state index in [1.165, 1.54) is 22.7 Å². The Labute approximate surface area is 357 Å². The summed E-state index contributed by atoms with van der Waals surface area (Å²) in [4.78, 5) is 65.7. The molecule has 2 fully saturated rings. The van der Waals surface area contributed by atoms with Gasteiger partial charge in [0.15, 0.2) is 0 Å². The SMILES string of the molecule is O=C(NC1(C(=O)N[C@H](CO)c2ccccc2)CCCCC1)c1cc2ccccc2s1.O=C[C@@H](NC(=O)C1(NC(=O)c2cc3ccccc3s2)CCCCC1)c1ccccc1. The Balaban J connectivity index is 0.000000181. The summed E-state index contributed by atoms with van der Waals surface area (Å²) in [6.07, 6.45) is 8.63. The van der Waals surface area contributed by atoms with E-state index in [-0.39, 0.29) is 30.2 Å². The maximum Gasteiger partial charge on any atom is 0.262 e. The molecule has 4 aromatic carbocycles. The Morgan fingerprint density at radius 1 is 0.567 bits per heavy atom. The number of benzene rings is 4. The molecular formula is C48H50N4O6S2. The van der Waals surface area contributed by atoms with Crippen molar-refractivity contribution in [1.82, 2.24) is 21.3 Å². The summed E-state index contributed by atoms with van der Waals surface area (Å²) in [5, 5.41) is 23.8. The van der Waals surface area contributed by atoms with Crippen LogP contribution in [0.25, 0.3) is 20.2 Å². The van der Waals surface area contributed by atoms with E-state index < -0.39 is 23.2 Å². The minimum absolute atomic E-state index is 0.198. The van der Waals surface area contributed by atoms with E-state index in [9.17, 15) is 29.1 Å². The minimum Gasteiger partial charge on any atom is -0.394 e. The van der Waals surface area contributed by atoms with Crippen molar-refractivity contribution in [1.29, 1.82) is 0 Å². The molecule has 2 aliphatic rings. The molecule has 10 nitrogen and oxygen atoms in total. The number of amides is 4. The van der Waals surface area contributed by atoms with E-state index >= 15 is 0 Å². The topological polar surface area (TPSA) is 154 Å². The van der Waals surface area contributed by atoms with Crippen LogP contribution < -0.4 is 21.3 Å². The Hall–Kier alpha value is -5.69. The number of hydrogen-bond acceptors (Lipinski definition) is 8. The maximum atomic E-state index is 13.4. The number of aldehydes is 1. The third-order valence-corrected chi connectivity index (χ3v) is 13.8. The molecule has 310 valence electrons. The summed E-state index contributed by atoms with van der Waals surface area (Å²) in [5.74, 6) is -0.971. The van der Waals surface area contributed by atoms with Gasteiger partial charge in [0.1, 0.15) is 23.4 Å². The number of thiophene rings is 2. The van der Waals surface area contributed by atoms with E-state index in [2.05, 4.69) is 21.3 Å². The number of aliphatic hydroxyl groups excluding tert-OH is 1. The second-order valence-electron chi connectivity index (χ2n) is 15.6. The highest BCUT2D eigenvalue weighted by Crippen LogP contribution is 2.33. The lowest BCUT2D eigenvalue weighted by molar-refractivity contribution is -0.131. The van der Waals surface area contributed by atoms with Crippen LogP contribution in [0.1, 0.15) is 107 Å². The zero-order valence-electron chi connectivity index (χ0n) is 33.4. The molecule has 60 heavy (non-hydrogen) atoms. The standard InChI is InChI=1S/C24H26N2O3S.C24H24N2O3S/c2*27-16-19(17-9-3-1-4-10-17)25-23(29)24(13-7-2-8-14-24)26-22(28)21-15-18-11-5-6-12-20(18)30-21/h1,3-6,9-12,15,19,27H,2,7-8,13-14,16H2,(H,25,29)(H,26,28);1,3-6,9-12,15-16,19H,2,7-8,13-14H2,(H,25,29)(H,26,28)/t2*19-/m11/s1. The first-order chi connectivity index (χ1) is 29.2. The molecule has 6 aromatic rings. The normalized spacial score (nSPS) is 16.6. The number of rotatable bonds is 12. The maximum absolute atomic E-state index is 13.4. The van der Waals surface area contributed by atoms with Crippen molar-refractivity contribution in [3.63, 3.8) is 0 Å². The van der Waals surface area contributed by atoms with Gasteiger partial charge >= 0.3 is 0 Å². The number of nitrogens with one attached hydrogen (secondary N) is 4. The highest BCUT2D eigenvalue weighted by Gasteiger charge is 2.43. The molecule has 0 unspecified atom stereocenters. The lowest BCUT2D eigenvalue weighted by Gasteiger charge is -2.37. The molecule has 0 spiro atoms. The Morgan fingerprint density at radius 3 is 1.42 bits per heavy atom. The number of fused-ring (bicyclic) bond motifs is 2. The summed E-state index contributed by atoms with van der Waals surface area (Å²) < 4.78 is 2.09. The Kier molecular flexibility index (Phi) is 13.8. The van der Waals surface area contributed by atoms with Gasteiger partial charge in [0.25, 0.3) is 11.8 Å². The van der Waals surface area contributed by atoms with Crippen LogP contribution in [0, 0.1) is 0 Å². The molecule has 8 rings (SSSR count). The molecule has 0 saturated heterocycles. The molecule has 2 saturated carbocycles. The Morgan fingerprint density at radius 2 is 0.983 bits per heavy atom. The van der Waals surface area contributed by atoms with Crippen molar-refractivity contribution in [2.75, 3.05) is 6.61 Å². The molecule has 2 aliphatic carbocycles. The summed E-state index contributed by atoms with van der Waals surface area (Å²) in [7, 11) is 0. The smallest absolute Gasteiger partial charge is 0.262 e. The molecule has 0 aliphatic heterocycles. The first-order valence-corrected chi connectivity index (χ1v) is 22.3. The second kappa shape index (κ2) is 19.6. The summed E-state index contributed by atoms with van der Waals surface area (Å²) in [6.45, 7) is -0.198.